The fourth-order valence-electron chi connectivity index (χ4n) is 4.06. The Morgan fingerprint density at radius 2 is 1.90 bits per heavy atom. The molecule has 1 N–H and O–H groups in total. The number of hydrogen-bond acceptors (Lipinski definition) is 5. The van der Waals surface area contributed by atoms with E-state index in [9.17, 15) is 9.59 Å². The number of halogens is 2. The van der Waals surface area contributed by atoms with Gasteiger partial charge >= 0.3 is 0 Å². The van der Waals surface area contributed by atoms with Crippen molar-refractivity contribution >= 4 is 30.7 Å². The molecule has 9 heteroatoms. The van der Waals surface area contributed by atoms with E-state index in [-0.39, 0.29) is 48.4 Å². The molecule has 0 bridgehead atoms. The molecule has 2 aliphatic rings. The highest BCUT2D eigenvalue weighted by molar-refractivity contribution is 5.95. The summed E-state index contributed by atoms with van der Waals surface area (Å²) in [7, 11) is 3.99. The lowest BCUT2D eigenvalue weighted by molar-refractivity contribution is 0.0509. The Kier molecular flexibility index (Phi) is 11.4. The van der Waals surface area contributed by atoms with E-state index in [1.54, 1.807) is 4.57 Å². The number of ether oxygens (including phenoxy) is 1. The molecule has 7 nitrogen and oxygen atoms in total. The number of aromatic nitrogens is 1. The van der Waals surface area contributed by atoms with Crippen LogP contribution >= 0.6 is 24.8 Å². The van der Waals surface area contributed by atoms with Crippen LogP contribution in [0.25, 0.3) is 0 Å². The van der Waals surface area contributed by atoms with E-state index in [2.05, 4.69) is 10.2 Å². The Morgan fingerprint density at radius 3 is 2.50 bits per heavy atom. The van der Waals surface area contributed by atoms with E-state index in [4.69, 9.17) is 4.74 Å². The zero-order valence-corrected chi connectivity index (χ0v) is 19.9. The van der Waals surface area contributed by atoms with Crippen LogP contribution in [0.3, 0.4) is 0 Å². The van der Waals surface area contributed by atoms with Gasteiger partial charge in [0.2, 0.25) is 0 Å². The molecule has 3 heterocycles. The Morgan fingerprint density at radius 1 is 1.20 bits per heavy atom. The van der Waals surface area contributed by atoms with Crippen molar-refractivity contribution < 1.29 is 9.53 Å². The summed E-state index contributed by atoms with van der Waals surface area (Å²) < 4.78 is 7.53. The van der Waals surface area contributed by atoms with Crippen LogP contribution in [-0.4, -0.2) is 79.8 Å². The van der Waals surface area contributed by atoms with Gasteiger partial charge in [-0.15, -0.1) is 24.8 Å². The zero-order valence-electron chi connectivity index (χ0n) is 18.3. The molecule has 1 atom stereocenters. The molecule has 0 spiro atoms. The van der Waals surface area contributed by atoms with E-state index in [0.717, 1.165) is 57.5 Å². The first-order chi connectivity index (χ1) is 13.5. The van der Waals surface area contributed by atoms with Crippen LogP contribution in [0.1, 0.15) is 47.6 Å². The molecule has 30 heavy (non-hydrogen) atoms. The fourth-order valence-corrected chi connectivity index (χ4v) is 4.06. The van der Waals surface area contributed by atoms with E-state index in [1.165, 1.54) is 0 Å². The normalized spacial score (nSPS) is 19.3. The molecule has 1 unspecified atom stereocenters. The Balaban J connectivity index is 0.00000225. The molecule has 2 aliphatic heterocycles. The first-order valence-electron chi connectivity index (χ1n) is 10.5. The number of pyridine rings is 1. The minimum absolute atomic E-state index is 0. The third-order valence-corrected chi connectivity index (χ3v) is 5.80. The predicted octanol–water partition coefficient (Wildman–Crippen LogP) is 2.11. The number of nitrogens with zero attached hydrogens (tertiary/aromatic N) is 3. The van der Waals surface area contributed by atoms with E-state index >= 15 is 0 Å². The molecule has 172 valence electrons. The predicted molar refractivity (Wildman–Crippen MR) is 125 cm³/mol. The molecule has 1 amide bonds. The van der Waals surface area contributed by atoms with E-state index in [1.807, 2.05) is 38.2 Å². The van der Waals surface area contributed by atoms with Crippen LogP contribution < -0.4 is 10.9 Å². The van der Waals surface area contributed by atoms with Gasteiger partial charge in [0.05, 0.1) is 6.10 Å². The van der Waals surface area contributed by atoms with Gasteiger partial charge in [-0.2, -0.15) is 0 Å². The molecule has 2 fully saturated rings. The largest absolute Gasteiger partial charge is 0.376 e. The van der Waals surface area contributed by atoms with Crippen LogP contribution in [0.15, 0.2) is 17.1 Å². The van der Waals surface area contributed by atoms with Gasteiger partial charge in [0.15, 0.2) is 0 Å². The summed E-state index contributed by atoms with van der Waals surface area (Å²) in [6, 6.07) is 2.07. The minimum atomic E-state index is -0.164. The van der Waals surface area contributed by atoms with Crippen molar-refractivity contribution in [3.63, 3.8) is 0 Å². The maximum atomic E-state index is 13.4. The number of aryl methyl sites for hydroxylation is 1. The van der Waals surface area contributed by atoms with Crippen molar-refractivity contribution in [1.29, 1.82) is 0 Å². The van der Waals surface area contributed by atoms with Crippen molar-refractivity contribution in [2.24, 2.45) is 0 Å². The van der Waals surface area contributed by atoms with Crippen molar-refractivity contribution in [3.8, 4) is 0 Å². The van der Waals surface area contributed by atoms with E-state index < -0.39 is 0 Å². The summed E-state index contributed by atoms with van der Waals surface area (Å²) in [5.74, 6) is -0.164. The highest BCUT2D eigenvalue weighted by Crippen LogP contribution is 2.19. The standard InChI is InChI=1S/C21H34N4O3.2ClH/c1-16-8-11-25(17-6-9-22-10-7-17)21(27)19(16)20(26)24(13-12-23(2)3)15-18-5-4-14-28-18;;/h8,11,17-18,22H,4-7,9-10,12-15H2,1-3H3;2*1H. The number of hydrogen-bond donors (Lipinski definition) is 1. The van der Waals surface area contributed by atoms with Crippen LogP contribution in [-0.2, 0) is 4.74 Å². The average Bonchev–Trinajstić information content (AvgIpc) is 3.19. The number of piperidine rings is 1. The Hall–Kier alpha value is -1.12. The first-order valence-corrected chi connectivity index (χ1v) is 10.5. The molecule has 3 rings (SSSR count). The molecule has 2 saturated heterocycles. The Labute approximate surface area is 192 Å². The third kappa shape index (κ3) is 6.69. The summed E-state index contributed by atoms with van der Waals surface area (Å²) in [5, 5.41) is 3.33. The number of carbonyl (C=O) groups is 1. The number of rotatable bonds is 7. The van der Waals surface area contributed by atoms with Gasteiger partial charge in [-0.05, 0) is 71.4 Å². The van der Waals surface area contributed by atoms with E-state index in [0.29, 0.717) is 18.7 Å². The molecular formula is C21H36Cl2N4O3. The number of nitrogens with one attached hydrogen (secondary N) is 1. The van der Waals surface area contributed by atoms with Crippen molar-refractivity contribution in [1.82, 2.24) is 19.7 Å². The second-order valence-corrected chi connectivity index (χ2v) is 8.26. The highest BCUT2D eigenvalue weighted by Gasteiger charge is 2.27. The first kappa shape index (κ1) is 26.9. The molecule has 0 aromatic carbocycles. The number of likely N-dealkylation sites (N-methyl/N-ethyl adjacent to an activating group) is 1. The van der Waals surface area contributed by atoms with Crippen LogP contribution in [0.2, 0.25) is 0 Å². The zero-order chi connectivity index (χ0) is 20.1. The van der Waals surface area contributed by atoms with Gasteiger partial charge in [0.25, 0.3) is 11.5 Å². The summed E-state index contributed by atoms with van der Waals surface area (Å²) in [6.07, 6.45) is 5.76. The summed E-state index contributed by atoms with van der Waals surface area (Å²) in [4.78, 5) is 30.6. The monoisotopic (exact) mass is 462 g/mol. The summed E-state index contributed by atoms with van der Waals surface area (Å²) in [6.45, 7) is 6.32. The van der Waals surface area contributed by atoms with Crippen LogP contribution in [0.4, 0.5) is 0 Å². The van der Waals surface area contributed by atoms with Crippen LogP contribution in [0, 0.1) is 6.92 Å². The molecule has 1 aromatic heterocycles. The van der Waals surface area contributed by atoms with Gasteiger partial charge in [-0.25, -0.2) is 0 Å². The molecule has 1 aromatic rings. The van der Waals surface area contributed by atoms with Crippen LogP contribution in [0.5, 0.6) is 0 Å². The van der Waals surface area contributed by atoms with Gasteiger partial charge in [-0.3, -0.25) is 9.59 Å². The topological polar surface area (TPSA) is 66.8 Å². The quantitative estimate of drug-likeness (QED) is 0.671. The average molecular weight is 463 g/mol. The lowest BCUT2D eigenvalue weighted by atomic mass is 10.0. The Bertz CT molecular complexity index is 729. The maximum Gasteiger partial charge on any atom is 0.263 e. The maximum absolute atomic E-state index is 13.4. The number of amides is 1. The smallest absolute Gasteiger partial charge is 0.263 e. The molecular weight excluding hydrogens is 427 g/mol. The second-order valence-electron chi connectivity index (χ2n) is 8.26. The van der Waals surface area contributed by atoms with Crippen molar-refractivity contribution in [2.75, 3.05) is 53.4 Å². The second kappa shape index (κ2) is 12.7. The molecule has 0 radical (unpaired) electrons. The molecule has 0 aliphatic carbocycles. The molecule has 0 saturated carbocycles. The third-order valence-electron chi connectivity index (χ3n) is 5.80. The van der Waals surface area contributed by atoms with Gasteiger partial charge in [0.1, 0.15) is 5.56 Å². The van der Waals surface area contributed by atoms with Gasteiger partial charge < -0.3 is 24.4 Å². The van der Waals surface area contributed by atoms with Gasteiger partial charge in [0, 0.05) is 38.5 Å². The van der Waals surface area contributed by atoms with Crippen molar-refractivity contribution in [2.45, 2.75) is 44.8 Å². The fraction of sp³-hybridized carbons (Fsp3) is 0.714. The number of carbonyl (C=O) groups excluding carboxylic acids is 1. The minimum Gasteiger partial charge on any atom is -0.376 e. The highest BCUT2D eigenvalue weighted by atomic mass is 35.5. The lowest BCUT2D eigenvalue weighted by Gasteiger charge is -2.29. The lowest BCUT2D eigenvalue weighted by Crippen LogP contribution is -2.44. The summed E-state index contributed by atoms with van der Waals surface area (Å²) in [5.41, 5.74) is 0.916. The van der Waals surface area contributed by atoms with Crippen molar-refractivity contribution in [3.05, 3.63) is 33.7 Å². The van der Waals surface area contributed by atoms with Gasteiger partial charge in [-0.1, -0.05) is 0 Å². The SMILES string of the molecule is Cc1ccn(C2CCNCC2)c(=O)c1C(=O)N(CCN(C)C)CC1CCCO1.Cl.Cl. The summed E-state index contributed by atoms with van der Waals surface area (Å²) >= 11 is 0.